The van der Waals surface area contributed by atoms with Gasteiger partial charge in [-0.05, 0) is 56.9 Å². The van der Waals surface area contributed by atoms with Gasteiger partial charge in [-0.15, -0.1) is 0 Å². The third-order valence-corrected chi connectivity index (χ3v) is 6.00. The van der Waals surface area contributed by atoms with E-state index in [9.17, 15) is 9.90 Å². The van der Waals surface area contributed by atoms with Crippen molar-refractivity contribution in [1.29, 1.82) is 0 Å². The SMILES string of the molecule is CC[C@@H](Nc1nsnc1Nc1cccc(C(=O)N2CCCCC2)c1O)c1ccc(C)o1. The number of aryl methyl sites for hydroxylation is 1. The second-order valence-electron chi connectivity index (χ2n) is 7.69. The molecule has 31 heavy (non-hydrogen) atoms. The van der Waals surface area contributed by atoms with Gasteiger partial charge in [-0.3, -0.25) is 4.79 Å². The third kappa shape index (κ3) is 4.66. The Morgan fingerprint density at radius 1 is 1.19 bits per heavy atom. The fourth-order valence-corrected chi connectivity index (χ4v) is 4.23. The summed E-state index contributed by atoms with van der Waals surface area (Å²) < 4.78 is 14.4. The molecule has 1 aliphatic rings. The standard InChI is InChI=1S/C22H27N5O3S/c1-3-16(18-11-10-14(2)30-18)23-20-21(26-31-25-20)24-17-9-7-8-15(19(17)28)22(29)27-12-5-4-6-13-27/h7-11,16,28H,3-6,12-13H2,1-2H3,(H,23,25)(H,24,26)/t16-/m1/s1. The molecule has 0 saturated carbocycles. The lowest BCUT2D eigenvalue weighted by Gasteiger charge is -2.27. The normalized spacial score (nSPS) is 15.0. The lowest BCUT2D eigenvalue weighted by molar-refractivity contribution is 0.0721. The van der Waals surface area contributed by atoms with Gasteiger partial charge in [0.1, 0.15) is 11.5 Å². The number of phenols is 1. The number of aromatic hydroxyl groups is 1. The molecule has 4 rings (SSSR count). The number of amides is 1. The van der Waals surface area contributed by atoms with Gasteiger partial charge in [-0.1, -0.05) is 13.0 Å². The number of nitrogens with zero attached hydrogens (tertiary/aromatic N) is 3. The maximum atomic E-state index is 12.9. The Morgan fingerprint density at radius 2 is 1.97 bits per heavy atom. The molecule has 0 radical (unpaired) electrons. The largest absolute Gasteiger partial charge is 0.505 e. The fourth-order valence-electron chi connectivity index (χ4n) is 3.76. The molecule has 1 saturated heterocycles. The summed E-state index contributed by atoms with van der Waals surface area (Å²) in [6.45, 7) is 5.42. The predicted octanol–water partition coefficient (Wildman–Crippen LogP) is 5.08. The minimum absolute atomic E-state index is 0.0567. The maximum Gasteiger partial charge on any atom is 0.257 e. The van der Waals surface area contributed by atoms with Crippen LogP contribution in [-0.2, 0) is 0 Å². The second kappa shape index (κ2) is 9.38. The zero-order valence-electron chi connectivity index (χ0n) is 17.7. The van der Waals surface area contributed by atoms with Crippen LogP contribution in [0.5, 0.6) is 5.75 Å². The van der Waals surface area contributed by atoms with Crippen molar-refractivity contribution in [3.63, 3.8) is 0 Å². The third-order valence-electron chi connectivity index (χ3n) is 5.48. The molecule has 8 nitrogen and oxygen atoms in total. The molecular weight excluding hydrogens is 414 g/mol. The number of furan rings is 1. The Morgan fingerprint density at radius 3 is 2.68 bits per heavy atom. The Labute approximate surface area is 185 Å². The van der Waals surface area contributed by atoms with E-state index >= 15 is 0 Å². The number of piperidine rings is 1. The highest BCUT2D eigenvalue weighted by molar-refractivity contribution is 6.99. The molecule has 1 aromatic carbocycles. The van der Waals surface area contributed by atoms with Gasteiger partial charge in [0.15, 0.2) is 17.4 Å². The molecule has 2 aromatic heterocycles. The van der Waals surface area contributed by atoms with Crippen LogP contribution in [0.3, 0.4) is 0 Å². The Bertz CT molecular complexity index is 1040. The van der Waals surface area contributed by atoms with E-state index in [4.69, 9.17) is 4.42 Å². The number of carbonyl (C=O) groups is 1. The molecular formula is C22H27N5O3S. The van der Waals surface area contributed by atoms with E-state index in [0.717, 1.165) is 62.0 Å². The van der Waals surface area contributed by atoms with Gasteiger partial charge in [0.2, 0.25) is 0 Å². The van der Waals surface area contributed by atoms with E-state index in [1.807, 2.05) is 19.1 Å². The average Bonchev–Trinajstić information content (AvgIpc) is 3.42. The average molecular weight is 442 g/mol. The van der Waals surface area contributed by atoms with Crippen LogP contribution in [0.25, 0.3) is 0 Å². The van der Waals surface area contributed by atoms with Gasteiger partial charge in [-0.25, -0.2) is 0 Å². The van der Waals surface area contributed by atoms with E-state index in [0.29, 0.717) is 22.9 Å². The fraction of sp³-hybridized carbons (Fsp3) is 0.409. The number of benzene rings is 1. The van der Waals surface area contributed by atoms with E-state index < -0.39 is 0 Å². The van der Waals surface area contributed by atoms with E-state index in [1.165, 1.54) is 0 Å². The summed E-state index contributed by atoms with van der Waals surface area (Å²) in [5, 5.41) is 17.3. The van der Waals surface area contributed by atoms with Crippen molar-refractivity contribution < 1.29 is 14.3 Å². The van der Waals surface area contributed by atoms with Gasteiger partial charge in [0.05, 0.1) is 29.0 Å². The Balaban J connectivity index is 1.53. The van der Waals surface area contributed by atoms with Gasteiger partial charge >= 0.3 is 0 Å². The first-order chi connectivity index (χ1) is 15.1. The number of hydrogen-bond acceptors (Lipinski definition) is 8. The van der Waals surface area contributed by atoms with Crippen LogP contribution < -0.4 is 10.6 Å². The summed E-state index contributed by atoms with van der Waals surface area (Å²) in [5.74, 6) is 2.52. The van der Waals surface area contributed by atoms with Gasteiger partial charge in [0.25, 0.3) is 5.91 Å². The lowest BCUT2D eigenvalue weighted by Crippen LogP contribution is -2.35. The summed E-state index contributed by atoms with van der Waals surface area (Å²) in [7, 11) is 0. The van der Waals surface area contributed by atoms with Gasteiger partial charge in [-0.2, -0.15) is 8.75 Å². The quantitative estimate of drug-likeness (QED) is 0.439. The number of rotatable bonds is 7. The molecule has 1 aliphatic heterocycles. The second-order valence-corrected chi connectivity index (χ2v) is 8.22. The highest BCUT2D eigenvalue weighted by Crippen LogP contribution is 2.34. The summed E-state index contributed by atoms with van der Waals surface area (Å²) in [4.78, 5) is 14.7. The summed E-state index contributed by atoms with van der Waals surface area (Å²) >= 11 is 1.06. The molecule has 164 valence electrons. The molecule has 0 bridgehead atoms. The predicted molar refractivity (Wildman–Crippen MR) is 121 cm³/mol. The van der Waals surface area contributed by atoms with Crippen molar-refractivity contribution >= 4 is 35.0 Å². The Hall–Kier alpha value is -3.07. The van der Waals surface area contributed by atoms with Crippen LogP contribution >= 0.6 is 11.7 Å². The van der Waals surface area contributed by atoms with Crippen molar-refractivity contribution in [1.82, 2.24) is 13.6 Å². The van der Waals surface area contributed by atoms with Crippen LogP contribution in [0.15, 0.2) is 34.7 Å². The molecule has 0 unspecified atom stereocenters. The number of carbonyl (C=O) groups excluding carboxylic acids is 1. The van der Waals surface area contributed by atoms with Gasteiger partial charge in [0, 0.05) is 13.1 Å². The number of nitrogens with one attached hydrogen (secondary N) is 2. The van der Waals surface area contributed by atoms with E-state index in [1.54, 1.807) is 23.1 Å². The minimum Gasteiger partial charge on any atom is -0.505 e. The molecule has 0 spiro atoms. The molecule has 3 heterocycles. The first-order valence-corrected chi connectivity index (χ1v) is 11.3. The first kappa shape index (κ1) is 21.2. The van der Waals surface area contributed by atoms with Crippen molar-refractivity contribution in [3.8, 4) is 5.75 Å². The molecule has 1 fully saturated rings. The summed E-state index contributed by atoms with van der Waals surface area (Å²) in [6, 6.07) is 8.96. The number of phenolic OH excluding ortho intramolecular Hbond substituents is 1. The number of hydrogen-bond donors (Lipinski definition) is 3. The zero-order valence-corrected chi connectivity index (χ0v) is 18.5. The van der Waals surface area contributed by atoms with Crippen molar-refractivity contribution in [3.05, 3.63) is 47.4 Å². The van der Waals surface area contributed by atoms with Crippen molar-refractivity contribution in [2.75, 3.05) is 23.7 Å². The highest BCUT2D eigenvalue weighted by Gasteiger charge is 2.23. The van der Waals surface area contributed by atoms with Crippen molar-refractivity contribution in [2.24, 2.45) is 0 Å². The highest BCUT2D eigenvalue weighted by atomic mass is 32.1. The van der Waals surface area contributed by atoms with E-state index in [2.05, 4.69) is 26.3 Å². The van der Waals surface area contributed by atoms with Crippen LogP contribution in [0, 0.1) is 6.92 Å². The summed E-state index contributed by atoms with van der Waals surface area (Å²) in [5.41, 5.74) is 0.711. The molecule has 0 aliphatic carbocycles. The zero-order chi connectivity index (χ0) is 21.8. The van der Waals surface area contributed by atoms with Crippen LogP contribution in [0.2, 0.25) is 0 Å². The summed E-state index contributed by atoms with van der Waals surface area (Å²) in [6.07, 6.45) is 3.94. The molecule has 9 heteroatoms. The minimum atomic E-state index is -0.144. The number of likely N-dealkylation sites (tertiary alicyclic amines) is 1. The van der Waals surface area contributed by atoms with Crippen LogP contribution in [0.1, 0.15) is 60.5 Å². The monoisotopic (exact) mass is 441 g/mol. The topological polar surface area (TPSA) is 104 Å². The molecule has 3 aromatic rings. The maximum absolute atomic E-state index is 12.9. The van der Waals surface area contributed by atoms with Crippen LogP contribution in [-0.4, -0.2) is 37.8 Å². The number of para-hydroxylation sites is 1. The number of aromatic nitrogens is 2. The Kier molecular flexibility index (Phi) is 6.41. The molecule has 3 N–H and O–H groups in total. The first-order valence-electron chi connectivity index (χ1n) is 10.6. The van der Waals surface area contributed by atoms with Gasteiger partial charge < -0.3 is 25.1 Å². The molecule has 1 atom stereocenters. The van der Waals surface area contributed by atoms with E-state index in [-0.39, 0.29) is 17.7 Å². The smallest absolute Gasteiger partial charge is 0.257 e. The lowest BCUT2D eigenvalue weighted by atomic mass is 10.1. The molecule has 1 amide bonds. The number of anilines is 3. The van der Waals surface area contributed by atoms with Crippen LogP contribution in [0.4, 0.5) is 17.3 Å². The van der Waals surface area contributed by atoms with Crippen molar-refractivity contribution in [2.45, 2.75) is 45.6 Å².